The SMILES string of the molecule is CC(C)(C)NC(=O)Nc1ccc(Cl)cc1C(F)(F)F. The van der Waals surface area contributed by atoms with Crippen LogP contribution in [0, 0.1) is 0 Å². The van der Waals surface area contributed by atoms with Crippen LogP contribution in [0.15, 0.2) is 18.2 Å². The summed E-state index contributed by atoms with van der Waals surface area (Å²) < 4.78 is 38.4. The zero-order valence-corrected chi connectivity index (χ0v) is 11.4. The van der Waals surface area contributed by atoms with E-state index in [2.05, 4.69) is 10.6 Å². The lowest BCUT2D eigenvalue weighted by Crippen LogP contribution is -2.43. The minimum Gasteiger partial charge on any atom is -0.333 e. The van der Waals surface area contributed by atoms with Crippen molar-refractivity contribution < 1.29 is 18.0 Å². The highest BCUT2D eigenvalue weighted by Crippen LogP contribution is 2.36. The molecule has 0 aliphatic carbocycles. The lowest BCUT2D eigenvalue weighted by Gasteiger charge is -2.22. The van der Waals surface area contributed by atoms with Gasteiger partial charge in [0.15, 0.2) is 0 Å². The van der Waals surface area contributed by atoms with E-state index in [4.69, 9.17) is 11.6 Å². The highest BCUT2D eigenvalue weighted by Gasteiger charge is 2.34. The van der Waals surface area contributed by atoms with Crippen molar-refractivity contribution in [3.05, 3.63) is 28.8 Å². The zero-order valence-electron chi connectivity index (χ0n) is 10.7. The molecule has 2 N–H and O–H groups in total. The molecule has 0 aliphatic rings. The van der Waals surface area contributed by atoms with Gasteiger partial charge in [-0.25, -0.2) is 4.79 Å². The zero-order chi connectivity index (χ0) is 14.8. The summed E-state index contributed by atoms with van der Waals surface area (Å²) in [5.74, 6) is 0. The fourth-order valence-corrected chi connectivity index (χ4v) is 1.53. The standard InChI is InChI=1S/C12H14ClF3N2O/c1-11(2,3)18-10(19)17-9-5-4-7(13)6-8(9)12(14,15)16/h4-6H,1-3H3,(H2,17,18,19). The molecule has 1 aromatic carbocycles. The molecule has 3 nitrogen and oxygen atoms in total. The summed E-state index contributed by atoms with van der Waals surface area (Å²) in [6.07, 6.45) is -4.59. The molecule has 0 fully saturated rings. The molecule has 0 saturated carbocycles. The molecule has 106 valence electrons. The van der Waals surface area contributed by atoms with Crippen LogP contribution in [0.3, 0.4) is 0 Å². The minimum atomic E-state index is -4.59. The van der Waals surface area contributed by atoms with Crippen LogP contribution in [-0.2, 0) is 6.18 Å². The Morgan fingerprint density at radius 2 is 1.79 bits per heavy atom. The number of anilines is 1. The normalized spacial score (nSPS) is 12.2. The molecule has 0 aromatic heterocycles. The molecule has 7 heteroatoms. The largest absolute Gasteiger partial charge is 0.418 e. The van der Waals surface area contributed by atoms with Crippen molar-refractivity contribution in [2.24, 2.45) is 0 Å². The Balaban J connectivity index is 2.99. The number of carbonyl (C=O) groups is 1. The molecule has 0 radical (unpaired) electrons. The number of carbonyl (C=O) groups excluding carboxylic acids is 1. The third-order valence-electron chi connectivity index (χ3n) is 2.02. The summed E-state index contributed by atoms with van der Waals surface area (Å²) in [5, 5.41) is 4.64. The van der Waals surface area contributed by atoms with E-state index < -0.39 is 23.3 Å². The van der Waals surface area contributed by atoms with Crippen molar-refractivity contribution >= 4 is 23.3 Å². The number of rotatable bonds is 1. The second kappa shape index (κ2) is 5.28. The third kappa shape index (κ3) is 4.98. The molecular formula is C12H14ClF3N2O. The van der Waals surface area contributed by atoms with Gasteiger partial charge in [-0.05, 0) is 39.0 Å². The lowest BCUT2D eigenvalue weighted by molar-refractivity contribution is -0.136. The maximum Gasteiger partial charge on any atom is 0.418 e. The van der Waals surface area contributed by atoms with Crippen molar-refractivity contribution in [2.75, 3.05) is 5.32 Å². The highest BCUT2D eigenvalue weighted by atomic mass is 35.5. The Hall–Kier alpha value is -1.43. The van der Waals surface area contributed by atoms with Crippen molar-refractivity contribution in [1.29, 1.82) is 0 Å². The maximum absolute atomic E-state index is 12.8. The quantitative estimate of drug-likeness (QED) is 0.797. The average molecular weight is 295 g/mol. The predicted molar refractivity (Wildman–Crippen MR) is 68.4 cm³/mol. The van der Waals surface area contributed by atoms with Gasteiger partial charge in [0, 0.05) is 10.6 Å². The summed E-state index contributed by atoms with van der Waals surface area (Å²) >= 11 is 5.54. The number of hydrogen-bond donors (Lipinski definition) is 2. The number of halogens is 4. The second-order valence-corrected chi connectivity index (χ2v) is 5.45. The Kier molecular flexibility index (Phi) is 4.35. The van der Waals surface area contributed by atoms with Crippen LogP contribution in [-0.4, -0.2) is 11.6 Å². The molecule has 0 aliphatic heterocycles. The number of urea groups is 1. The van der Waals surface area contributed by atoms with E-state index in [1.54, 1.807) is 20.8 Å². The molecule has 0 atom stereocenters. The summed E-state index contributed by atoms with van der Waals surface area (Å²) in [6.45, 7) is 5.16. The molecule has 0 saturated heterocycles. The summed E-state index contributed by atoms with van der Waals surface area (Å²) in [5.41, 5.74) is -1.86. The molecule has 0 unspecified atom stereocenters. The summed E-state index contributed by atoms with van der Waals surface area (Å²) in [6, 6.07) is 2.46. The Labute approximate surface area is 114 Å². The molecule has 0 heterocycles. The predicted octanol–water partition coefficient (Wildman–Crippen LogP) is 4.28. The van der Waals surface area contributed by atoms with Gasteiger partial charge in [-0.3, -0.25) is 0 Å². The Morgan fingerprint density at radius 1 is 1.21 bits per heavy atom. The van der Waals surface area contributed by atoms with Gasteiger partial charge in [-0.2, -0.15) is 13.2 Å². The topological polar surface area (TPSA) is 41.1 Å². The monoisotopic (exact) mass is 294 g/mol. The molecule has 1 aromatic rings. The Bertz CT molecular complexity index is 481. The average Bonchev–Trinajstić information content (AvgIpc) is 2.16. The summed E-state index contributed by atoms with van der Waals surface area (Å²) in [4.78, 5) is 11.6. The smallest absolute Gasteiger partial charge is 0.333 e. The first-order valence-electron chi connectivity index (χ1n) is 5.45. The van der Waals surface area contributed by atoms with Gasteiger partial charge in [0.1, 0.15) is 0 Å². The van der Waals surface area contributed by atoms with Crippen molar-refractivity contribution in [3.63, 3.8) is 0 Å². The van der Waals surface area contributed by atoms with Gasteiger partial charge < -0.3 is 10.6 Å². The van der Waals surface area contributed by atoms with E-state index in [9.17, 15) is 18.0 Å². The van der Waals surface area contributed by atoms with Crippen molar-refractivity contribution in [3.8, 4) is 0 Å². The molecular weight excluding hydrogens is 281 g/mol. The van der Waals surface area contributed by atoms with E-state index in [0.29, 0.717) is 0 Å². The van der Waals surface area contributed by atoms with Crippen LogP contribution in [0.25, 0.3) is 0 Å². The van der Waals surface area contributed by atoms with Crippen LogP contribution in [0.4, 0.5) is 23.7 Å². The first-order valence-corrected chi connectivity index (χ1v) is 5.83. The van der Waals surface area contributed by atoms with Crippen LogP contribution in [0.2, 0.25) is 5.02 Å². The molecule has 0 spiro atoms. The van der Waals surface area contributed by atoms with Gasteiger partial charge in [-0.15, -0.1) is 0 Å². The minimum absolute atomic E-state index is 0.0471. The molecule has 2 amide bonds. The van der Waals surface area contributed by atoms with E-state index in [1.165, 1.54) is 6.07 Å². The first kappa shape index (κ1) is 15.6. The van der Waals surface area contributed by atoms with E-state index in [0.717, 1.165) is 12.1 Å². The van der Waals surface area contributed by atoms with E-state index in [1.807, 2.05) is 0 Å². The van der Waals surface area contributed by atoms with Crippen LogP contribution < -0.4 is 10.6 Å². The van der Waals surface area contributed by atoms with Gasteiger partial charge >= 0.3 is 12.2 Å². The number of amides is 2. The molecule has 19 heavy (non-hydrogen) atoms. The van der Waals surface area contributed by atoms with Gasteiger partial charge in [-0.1, -0.05) is 11.6 Å². The van der Waals surface area contributed by atoms with Crippen LogP contribution >= 0.6 is 11.6 Å². The van der Waals surface area contributed by atoms with Crippen LogP contribution in [0.5, 0.6) is 0 Å². The lowest BCUT2D eigenvalue weighted by atomic mass is 10.1. The van der Waals surface area contributed by atoms with Gasteiger partial charge in [0.2, 0.25) is 0 Å². The number of nitrogens with one attached hydrogen (secondary N) is 2. The highest BCUT2D eigenvalue weighted by molar-refractivity contribution is 6.30. The van der Waals surface area contributed by atoms with Crippen molar-refractivity contribution in [1.82, 2.24) is 5.32 Å². The van der Waals surface area contributed by atoms with Gasteiger partial charge in [0.05, 0.1) is 11.3 Å². The number of alkyl halides is 3. The summed E-state index contributed by atoms with van der Waals surface area (Å²) in [7, 11) is 0. The van der Waals surface area contributed by atoms with Crippen LogP contribution in [0.1, 0.15) is 26.3 Å². The van der Waals surface area contributed by atoms with Gasteiger partial charge in [0.25, 0.3) is 0 Å². The number of hydrogen-bond acceptors (Lipinski definition) is 1. The Morgan fingerprint density at radius 3 is 2.26 bits per heavy atom. The fraction of sp³-hybridized carbons (Fsp3) is 0.417. The van der Waals surface area contributed by atoms with Crippen molar-refractivity contribution in [2.45, 2.75) is 32.5 Å². The molecule has 1 rings (SSSR count). The van der Waals surface area contributed by atoms with E-state index in [-0.39, 0.29) is 10.7 Å². The second-order valence-electron chi connectivity index (χ2n) is 5.02. The number of benzene rings is 1. The third-order valence-corrected chi connectivity index (χ3v) is 2.26. The molecule has 0 bridgehead atoms. The van der Waals surface area contributed by atoms with E-state index >= 15 is 0 Å². The maximum atomic E-state index is 12.8. The first-order chi connectivity index (χ1) is 8.49. The fourth-order valence-electron chi connectivity index (χ4n) is 1.35.